The molecule has 1 saturated carbocycles. The first-order chi connectivity index (χ1) is 8.97. The second-order valence-electron chi connectivity index (χ2n) is 6.87. The van der Waals surface area contributed by atoms with Crippen molar-refractivity contribution in [3.8, 4) is 0 Å². The Morgan fingerprint density at radius 2 is 1.74 bits per heavy atom. The summed E-state index contributed by atoms with van der Waals surface area (Å²) in [6, 6.07) is 8.83. The second kappa shape index (κ2) is 6.28. The fraction of sp³-hybridized carbons (Fsp3) is 0.647. The first-order valence-corrected chi connectivity index (χ1v) is 7.82. The van der Waals surface area contributed by atoms with E-state index in [0.717, 1.165) is 17.5 Å². The van der Waals surface area contributed by atoms with Crippen LogP contribution in [0.1, 0.15) is 52.0 Å². The average molecular weight is 280 g/mol. The van der Waals surface area contributed by atoms with Crippen molar-refractivity contribution in [3.05, 3.63) is 34.9 Å². The Hall–Kier alpha value is -0.530. The predicted octanol–water partition coefficient (Wildman–Crippen LogP) is 5.03. The summed E-state index contributed by atoms with van der Waals surface area (Å²) >= 11 is 5.92. The van der Waals surface area contributed by atoms with Crippen molar-refractivity contribution in [2.24, 2.45) is 11.3 Å². The van der Waals surface area contributed by atoms with Gasteiger partial charge in [0.25, 0.3) is 0 Å². The lowest BCUT2D eigenvalue weighted by molar-refractivity contribution is 0.130. The van der Waals surface area contributed by atoms with E-state index in [0.29, 0.717) is 11.5 Å². The molecule has 1 aromatic carbocycles. The maximum Gasteiger partial charge on any atom is 0.0406 e. The molecule has 0 heterocycles. The Labute approximate surface area is 122 Å². The normalized spacial score (nSPS) is 24.4. The van der Waals surface area contributed by atoms with E-state index >= 15 is 0 Å². The van der Waals surface area contributed by atoms with Crippen molar-refractivity contribution >= 4 is 11.6 Å². The molecular weight excluding hydrogens is 254 g/mol. The molecule has 2 rings (SSSR count). The lowest BCUT2D eigenvalue weighted by Gasteiger charge is -2.41. The van der Waals surface area contributed by atoms with Crippen molar-refractivity contribution in [1.82, 2.24) is 5.32 Å². The minimum absolute atomic E-state index is 0.401. The third-order valence-electron chi connectivity index (χ3n) is 4.36. The number of nitrogens with one attached hydrogen (secondary N) is 1. The summed E-state index contributed by atoms with van der Waals surface area (Å²) in [7, 11) is 0. The van der Waals surface area contributed by atoms with Crippen LogP contribution in [0.15, 0.2) is 24.3 Å². The summed E-state index contributed by atoms with van der Waals surface area (Å²) in [6.07, 6.45) is 5.43. The molecule has 106 valence electrons. The molecular formula is C17H26ClN. The van der Waals surface area contributed by atoms with Gasteiger partial charge in [0.05, 0.1) is 0 Å². The van der Waals surface area contributed by atoms with E-state index in [2.05, 4.69) is 38.2 Å². The van der Waals surface area contributed by atoms with E-state index in [1.807, 2.05) is 12.1 Å². The molecule has 2 atom stereocenters. The molecule has 1 fully saturated rings. The van der Waals surface area contributed by atoms with E-state index in [-0.39, 0.29) is 0 Å². The molecule has 0 saturated heterocycles. The second-order valence-corrected chi connectivity index (χ2v) is 7.31. The van der Waals surface area contributed by atoms with Crippen LogP contribution in [-0.4, -0.2) is 6.04 Å². The minimum Gasteiger partial charge on any atom is -0.310 e. The van der Waals surface area contributed by atoms with Crippen LogP contribution in [0.5, 0.6) is 0 Å². The molecule has 0 bridgehead atoms. The fourth-order valence-corrected chi connectivity index (χ4v) is 3.39. The summed E-state index contributed by atoms with van der Waals surface area (Å²) in [5.41, 5.74) is 1.72. The molecule has 0 spiro atoms. The van der Waals surface area contributed by atoms with Gasteiger partial charge in [-0.3, -0.25) is 0 Å². The SMILES string of the molecule is CC(C)(C)C1CCCCC1NCc1ccc(Cl)cc1. The van der Waals surface area contributed by atoms with E-state index in [1.165, 1.54) is 31.2 Å². The van der Waals surface area contributed by atoms with Crippen LogP contribution in [0.2, 0.25) is 5.02 Å². The maximum absolute atomic E-state index is 5.92. The zero-order valence-electron chi connectivity index (χ0n) is 12.4. The van der Waals surface area contributed by atoms with Gasteiger partial charge in [-0.05, 0) is 41.9 Å². The average Bonchev–Trinajstić information content (AvgIpc) is 2.37. The highest BCUT2D eigenvalue weighted by molar-refractivity contribution is 6.30. The summed E-state index contributed by atoms with van der Waals surface area (Å²) in [5.74, 6) is 0.786. The summed E-state index contributed by atoms with van der Waals surface area (Å²) in [4.78, 5) is 0. The molecule has 0 aromatic heterocycles. The van der Waals surface area contributed by atoms with E-state index < -0.39 is 0 Å². The van der Waals surface area contributed by atoms with Gasteiger partial charge in [0.1, 0.15) is 0 Å². The van der Waals surface area contributed by atoms with Gasteiger partial charge in [0, 0.05) is 17.6 Å². The maximum atomic E-state index is 5.92. The number of rotatable bonds is 3. The molecule has 2 unspecified atom stereocenters. The fourth-order valence-electron chi connectivity index (χ4n) is 3.26. The van der Waals surface area contributed by atoms with Crippen LogP contribution >= 0.6 is 11.6 Å². The van der Waals surface area contributed by atoms with Crippen molar-refractivity contribution in [2.75, 3.05) is 0 Å². The number of hydrogen-bond acceptors (Lipinski definition) is 1. The highest BCUT2D eigenvalue weighted by atomic mass is 35.5. The van der Waals surface area contributed by atoms with E-state index in [4.69, 9.17) is 11.6 Å². The predicted molar refractivity (Wildman–Crippen MR) is 83.5 cm³/mol. The van der Waals surface area contributed by atoms with E-state index in [1.54, 1.807) is 0 Å². The minimum atomic E-state index is 0.401. The van der Waals surface area contributed by atoms with Crippen LogP contribution in [0.4, 0.5) is 0 Å². The highest BCUT2D eigenvalue weighted by Crippen LogP contribution is 2.38. The topological polar surface area (TPSA) is 12.0 Å². The van der Waals surface area contributed by atoms with Gasteiger partial charge < -0.3 is 5.32 Å². The van der Waals surface area contributed by atoms with Crippen LogP contribution in [0, 0.1) is 11.3 Å². The number of hydrogen-bond donors (Lipinski definition) is 1. The van der Waals surface area contributed by atoms with Gasteiger partial charge in [-0.25, -0.2) is 0 Å². The van der Waals surface area contributed by atoms with Crippen molar-refractivity contribution in [1.29, 1.82) is 0 Å². The molecule has 1 aromatic rings. The molecule has 1 aliphatic carbocycles. The molecule has 0 aliphatic heterocycles. The van der Waals surface area contributed by atoms with Crippen LogP contribution < -0.4 is 5.32 Å². The van der Waals surface area contributed by atoms with Crippen molar-refractivity contribution < 1.29 is 0 Å². The molecule has 1 N–H and O–H groups in total. The lowest BCUT2D eigenvalue weighted by Crippen LogP contribution is -2.43. The van der Waals surface area contributed by atoms with Crippen LogP contribution in [0.3, 0.4) is 0 Å². The Morgan fingerprint density at radius 3 is 2.37 bits per heavy atom. The standard InChI is InChI=1S/C17H26ClN/c1-17(2,3)15-6-4-5-7-16(15)19-12-13-8-10-14(18)11-9-13/h8-11,15-16,19H,4-7,12H2,1-3H3. The lowest BCUT2D eigenvalue weighted by atomic mass is 9.69. The molecule has 0 radical (unpaired) electrons. The van der Waals surface area contributed by atoms with Gasteiger partial charge >= 0.3 is 0 Å². The smallest absolute Gasteiger partial charge is 0.0406 e. The Bertz CT molecular complexity index is 391. The molecule has 19 heavy (non-hydrogen) atoms. The van der Waals surface area contributed by atoms with Gasteiger partial charge in [0.15, 0.2) is 0 Å². The van der Waals surface area contributed by atoms with Crippen LogP contribution in [-0.2, 0) is 6.54 Å². The Balaban J connectivity index is 1.94. The van der Waals surface area contributed by atoms with Gasteiger partial charge in [-0.15, -0.1) is 0 Å². The third-order valence-corrected chi connectivity index (χ3v) is 4.61. The first kappa shape index (κ1) is 14.9. The van der Waals surface area contributed by atoms with Gasteiger partial charge in [0.2, 0.25) is 0 Å². The molecule has 1 nitrogen and oxygen atoms in total. The van der Waals surface area contributed by atoms with Gasteiger partial charge in [-0.2, -0.15) is 0 Å². The summed E-state index contributed by atoms with van der Waals surface area (Å²) in [6.45, 7) is 8.08. The van der Waals surface area contributed by atoms with Gasteiger partial charge in [-0.1, -0.05) is 57.3 Å². The van der Waals surface area contributed by atoms with Crippen LogP contribution in [0.25, 0.3) is 0 Å². The van der Waals surface area contributed by atoms with Crippen molar-refractivity contribution in [2.45, 2.75) is 59.0 Å². The highest BCUT2D eigenvalue weighted by Gasteiger charge is 2.33. The zero-order chi connectivity index (χ0) is 13.9. The number of halogens is 1. The summed E-state index contributed by atoms with van der Waals surface area (Å²) in [5, 5.41) is 4.58. The first-order valence-electron chi connectivity index (χ1n) is 7.44. The Morgan fingerprint density at radius 1 is 1.11 bits per heavy atom. The van der Waals surface area contributed by atoms with Crippen molar-refractivity contribution in [3.63, 3.8) is 0 Å². The zero-order valence-corrected chi connectivity index (χ0v) is 13.1. The molecule has 2 heteroatoms. The van der Waals surface area contributed by atoms with E-state index in [9.17, 15) is 0 Å². The monoisotopic (exact) mass is 279 g/mol. The third kappa shape index (κ3) is 4.22. The number of benzene rings is 1. The quantitative estimate of drug-likeness (QED) is 0.818. The Kier molecular flexibility index (Phi) is 4.92. The largest absolute Gasteiger partial charge is 0.310 e. The molecule has 0 amide bonds. The molecule has 1 aliphatic rings. The summed E-state index contributed by atoms with van der Waals surface area (Å²) < 4.78 is 0.